The molecule has 2 aliphatic heterocycles. The van der Waals surface area contributed by atoms with Gasteiger partial charge in [-0.05, 0) is 37.1 Å². The summed E-state index contributed by atoms with van der Waals surface area (Å²) >= 11 is 1.80. The molecule has 22 heavy (non-hydrogen) atoms. The fraction of sp³-hybridized carbons (Fsp3) is 0.733. The highest BCUT2D eigenvalue weighted by Crippen LogP contribution is 2.36. The van der Waals surface area contributed by atoms with Crippen molar-refractivity contribution in [1.29, 1.82) is 0 Å². The standard InChI is InChI=1S/C15H24N2O3S2/c1-2-22(18,19)16-8-13-5-6-15(20-10-13)11-17(12-15)9-14-4-3-7-21-14/h3-4,7,13,16H,2,5-6,8-12H2,1H3. The second kappa shape index (κ2) is 6.57. The first-order chi connectivity index (χ1) is 10.5. The third kappa shape index (κ3) is 3.89. The smallest absolute Gasteiger partial charge is 0.211 e. The monoisotopic (exact) mass is 344 g/mol. The summed E-state index contributed by atoms with van der Waals surface area (Å²) in [6.07, 6.45) is 2.07. The Kier molecular flexibility index (Phi) is 4.89. The lowest BCUT2D eigenvalue weighted by Crippen LogP contribution is -2.64. The number of nitrogens with one attached hydrogen (secondary N) is 1. The van der Waals surface area contributed by atoms with E-state index in [1.54, 1.807) is 18.3 Å². The summed E-state index contributed by atoms with van der Waals surface area (Å²) in [5.74, 6) is 0.445. The molecule has 1 aromatic heterocycles. The number of ether oxygens (including phenoxy) is 1. The first-order valence-corrected chi connectivity index (χ1v) is 10.4. The molecule has 0 amide bonds. The van der Waals surface area contributed by atoms with E-state index in [4.69, 9.17) is 4.74 Å². The van der Waals surface area contributed by atoms with Crippen LogP contribution in [0.2, 0.25) is 0 Å². The zero-order valence-corrected chi connectivity index (χ0v) is 14.6. The summed E-state index contributed by atoms with van der Waals surface area (Å²) in [6.45, 7) is 5.84. The molecular weight excluding hydrogens is 320 g/mol. The van der Waals surface area contributed by atoms with Crippen LogP contribution in [0.1, 0.15) is 24.6 Å². The van der Waals surface area contributed by atoms with Gasteiger partial charge in [0, 0.05) is 31.1 Å². The van der Waals surface area contributed by atoms with Crippen molar-refractivity contribution in [3.05, 3.63) is 22.4 Å². The molecule has 2 aliphatic rings. The molecule has 0 bridgehead atoms. The molecule has 2 saturated heterocycles. The minimum atomic E-state index is -3.09. The van der Waals surface area contributed by atoms with Gasteiger partial charge in [0.1, 0.15) is 0 Å². The van der Waals surface area contributed by atoms with Gasteiger partial charge in [-0.2, -0.15) is 0 Å². The third-order valence-electron chi connectivity index (χ3n) is 4.59. The fourth-order valence-corrected chi connectivity index (χ4v) is 4.62. The molecule has 1 unspecified atom stereocenters. The second-order valence-corrected chi connectivity index (χ2v) is 9.50. The first-order valence-electron chi connectivity index (χ1n) is 7.86. The van der Waals surface area contributed by atoms with Crippen molar-refractivity contribution in [2.75, 3.05) is 32.0 Å². The number of likely N-dealkylation sites (tertiary alicyclic amines) is 1. The van der Waals surface area contributed by atoms with E-state index < -0.39 is 10.0 Å². The molecule has 0 radical (unpaired) electrons. The van der Waals surface area contributed by atoms with Gasteiger partial charge in [-0.15, -0.1) is 11.3 Å². The van der Waals surface area contributed by atoms with E-state index in [1.807, 2.05) is 0 Å². The van der Waals surface area contributed by atoms with E-state index in [-0.39, 0.29) is 11.4 Å². The topological polar surface area (TPSA) is 58.6 Å². The molecule has 5 nitrogen and oxygen atoms in total. The van der Waals surface area contributed by atoms with E-state index in [0.717, 1.165) is 32.5 Å². The summed E-state index contributed by atoms with van der Waals surface area (Å²) in [5.41, 5.74) is 0.0252. The van der Waals surface area contributed by atoms with Crippen molar-refractivity contribution in [3.8, 4) is 0 Å². The maximum atomic E-state index is 11.5. The maximum absolute atomic E-state index is 11.5. The van der Waals surface area contributed by atoms with Gasteiger partial charge in [-0.3, -0.25) is 4.90 Å². The number of rotatable bonds is 6. The van der Waals surface area contributed by atoms with Crippen molar-refractivity contribution >= 4 is 21.4 Å². The van der Waals surface area contributed by atoms with Gasteiger partial charge in [-0.25, -0.2) is 13.1 Å². The van der Waals surface area contributed by atoms with Crippen LogP contribution in [0, 0.1) is 5.92 Å². The number of hydrogen-bond donors (Lipinski definition) is 1. The molecule has 1 aromatic rings. The summed E-state index contributed by atoms with van der Waals surface area (Å²) < 4.78 is 31.7. The Morgan fingerprint density at radius 1 is 1.50 bits per heavy atom. The quantitative estimate of drug-likeness (QED) is 0.853. The lowest BCUT2D eigenvalue weighted by molar-refractivity contribution is -0.180. The van der Waals surface area contributed by atoms with Crippen LogP contribution in [-0.4, -0.2) is 50.9 Å². The van der Waals surface area contributed by atoms with Crippen LogP contribution in [-0.2, 0) is 21.3 Å². The number of nitrogens with zero attached hydrogens (tertiary/aromatic N) is 1. The maximum Gasteiger partial charge on any atom is 0.211 e. The van der Waals surface area contributed by atoms with Crippen LogP contribution in [0.25, 0.3) is 0 Å². The average molecular weight is 345 g/mol. The summed E-state index contributed by atoms with van der Waals surface area (Å²) in [5, 5.41) is 2.12. The Hall–Kier alpha value is -0.470. The molecule has 1 spiro atoms. The van der Waals surface area contributed by atoms with E-state index in [9.17, 15) is 8.42 Å². The predicted molar refractivity (Wildman–Crippen MR) is 88.5 cm³/mol. The SMILES string of the molecule is CCS(=O)(=O)NCC1CCC2(CN(Cc3cccs3)C2)OC1. The highest BCUT2D eigenvalue weighted by atomic mass is 32.2. The largest absolute Gasteiger partial charge is 0.372 e. The Morgan fingerprint density at radius 3 is 2.91 bits per heavy atom. The van der Waals surface area contributed by atoms with E-state index in [1.165, 1.54) is 4.88 Å². The van der Waals surface area contributed by atoms with Crippen molar-refractivity contribution < 1.29 is 13.2 Å². The summed E-state index contributed by atoms with van der Waals surface area (Å²) in [4.78, 5) is 3.82. The van der Waals surface area contributed by atoms with Crippen LogP contribution < -0.4 is 4.72 Å². The Morgan fingerprint density at radius 2 is 2.32 bits per heavy atom. The molecule has 124 valence electrons. The van der Waals surface area contributed by atoms with Gasteiger partial charge < -0.3 is 4.74 Å². The van der Waals surface area contributed by atoms with Crippen molar-refractivity contribution in [2.45, 2.75) is 31.9 Å². The van der Waals surface area contributed by atoms with E-state index >= 15 is 0 Å². The zero-order chi connectivity index (χ0) is 15.6. The lowest BCUT2D eigenvalue weighted by Gasteiger charge is -2.52. The highest BCUT2D eigenvalue weighted by Gasteiger charge is 2.46. The van der Waals surface area contributed by atoms with Gasteiger partial charge in [0.05, 0.1) is 18.0 Å². The number of thiophene rings is 1. The molecule has 3 heterocycles. The molecule has 2 fully saturated rings. The molecule has 3 rings (SSSR count). The zero-order valence-electron chi connectivity index (χ0n) is 13.0. The lowest BCUT2D eigenvalue weighted by atomic mass is 9.83. The minimum Gasteiger partial charge on any atom is -0.372 e. The highest BCUT2D eigenvalue weighted by molar-refractivity contribution is 7.89. The third-order valence-corrected chi connectivity index (χ3v) is 6.82. The van der Waals surface area contributed by atoms with Gasteiger partial charge in [-0.1, -0.05) is 6.07 Å². The molecule has 0 saturated carbocycles. The Balaban J connectivity index is 1.40. The van der Waals surface area contributed by atoms with Crippen molar-refractivity contribution in [2.24, 2.45) is 5.92 Å². The number of hydrogen-bond acceptors (Lipinski definition) is 5. The summed E-state index contributed by atoms with van der Waals surface area (Å²) in [7, 11) is -3.09. The van der Waals surface area contributed by atoms with Crippen LogP contribution in [0.5, 0.6) is 0 Å². The van der Waals surface area contributed by atoms with E-state index in [0.29, 0.717) is 19.1 Å². The fourth-order valence-electron chi connectivity index (χ4n) is 3.18. The molecular formula is C15H24N2O3S2. The van der Waals surface area contributed by atoms with Crippen LogP contribution >= 0.6 is 11.3 Å². The molecule has 1 atom stereocenters. The average Bonchev–Trinajstić information content (AvgIpc) is 2.98. The minimum absolute atomic E-state index is 0.0252. The van der Waals surface area contributed by atoms with Crippen LogP contribution in [0.4, 0.5) is 0 Å². The normalized spacial score (nSPS) is 25.2. The molecule has 7 heteroatoms. The molecule has 0 aliphatic carbocycles. The van der Waals surface area contributed by atoms with Gasteiger partial charge >= 0.3 is 0 Å². The summed E-state index contributed by atoms with van der Waals surface area (Å²) in [6, 6.07) is 4.27. The molecule has 1 N–H and O–H groups in total. The van der Waals surface area contributed by atoms with Crippen LogP contribution in [0.3, 0.4) is 0 Å². The number of sulfonamides is 1. The van der Waals surface area contributed by atoms with E-state index in [2.05, 4.69) is 27.1 Å². The van der Waals surface area contributed by atoms with Gasteiger partial charge in [0.25, 0.3) is 0 Å². The first kappa shape index (κ1) is 16.4. The second-order valence-electron chi connectivity index (χ2n) is 6.38. The predicted octanol–water partition coefficient (Wildman–Crippen LogP) is 1.67. The van der Waals surface area contributed by atoms with Gasteiger partial charge in [0.2, 0.25) is 10.0 Å². The Bertz CT molecular complexity index is 570. The van der Waals surface area contributed by atoms with Crippen molar-refractivity contribution in [1.82, 2.24) is 9.62 Å². The van der Waals surface area contributed by atoms with Crippen molar-refractivity contribution in [3.63, 3.8) is 0 Å². The molecule has 0 aromatic carbocycles. The van der Waals surface area contributed by atoms with Crippen LogP contribution in [0.15, 0.2) is 17.5 Å². The Labute approximate surface area is 136 Å². The van der Waals surface area contributed by atoms with Gasteiger partial charge in [0.15, 0.2) is 0 Å².